The van der Waals surface area contributed by atoms with Crippen molar-refractivity contribution in [3.8, 4) is 0 Å². The van der Waals surface area contributed by atoms with E-state index >= 15 is 0 Å². The molecule has 2 fully saturated rings. The summed E-state index contributed by atoms with van der Waals surface area (Å²) in [6.07, 6.45) is 9.24. The Labute approximate surface area is 68.8 Å². The van der Waals surface area contributed by atoms with Crippen molar-refractivity contribution in [1.29, 1.82) is 0 Å². The van der Waals surface area contributed by atoms with Gasteiger partial charge in [0, 0.05) is 0 Å². The fourth-order valence-corrected chi connectivity index (χ4v) is 2.90. The van der Waals surface area contributed by atoms with Crippen LogP contribution < -0.4 is 0 Å². The van der Waals surface area contributed by atoms with Gasteiger partial charge in [-0.05, 0) is 31.1 Å². The maximum atomic E-state index is 9.70. The lowest BCUT2D eigenvalue weighted by Crippen LogP contribution is -2.34. The third-order valence-electron chi connectivity index (χ3n) is 3.54. The summed E-state index contributed by atoms with van der Waals surface area (Å²) in [6, 6.07) is 0. The molecule has 2 unspecified atom stereocenters. The molecule has 0 saturated heterocycles. The quantitative estimate of drug-likeness (QED) is 0.568. The highest BCUT2D eigenvalue weighted by Crippen LogP contribution is 2.40. The molecule has 11 heavy (non-hydrogen) atoms. The summed E-state index contributed by atoms with van der Waals surface area (Å²) in [5.74, 6) is 1.56. The van der Waals surface area contributed by atoms with E-state index in [9.17, 15) is 5.11 Å². The van der Waals surface area contributed by atoms with Crippen LogP contribution in [0.1, 0.15) is 44.9 Å². The highest BCUT2D eigenvalue weighted by molar-refractivity contribution is 4.84. The van der Waals surface area contributed by atoms with Crippen LogP contribution in [-0.4, -0.2) is 11.2 Å². The van der Waals surface area contributed by atoms with E-state index in [-0.39, 0.29) is 6.10 Å². The molecule has 0 amide bonds. The lowest BCUT2D eigenvalue weighted by atomic mass is 9.69. The van der Waals surface area contributed by atoms with Crippen LogP contribution in [0.5, 0.6) is 0 Å². The second-order valence-corrected chi connectivity index (χ2v) is 4.21. The molecule has 0 spiro atoms. The van der Waals surface area contributed by atoms with E-state index in [4.69, 9.17) is 0 Å². The first-order valence-corrected chi connectivity index (χ1v) is 5.06. The van der Waals surface area contributed by atoms with Crippen molar-refractivity contribution in [1.82, 2.24) is 0 Å². The number of rotatable bonds is 0. The normalized spacial score (nSPS) is 45.0. The lowest BCUT2D eigenvalue weighted by molar-refractivity contribution is 0.0105. The molecule has 0 aromatic carbocycles. The first-order valence-electron chi connectivity index (χ1n) is 5.06. The molecule has 0 bridgehead atoms. The molecular formula is C10H18O. The third kappa shape index (κ3) is 1.44. The SMILES string of the molecule is O[C@@H]1CCCC2CCCCC21. The Balaban J connectivity index is 1.99. The molecule has 0 aromatic heterocycles. The molecule has 3 atom stereocenters. The Hall–Kier alpha value is -0.0400. The summed E-state index contributed by atoms with van der Waals surface area (Å²) in [5.41, 5.74) is 0. The third-order valence-corrected chi connectivity index (χ3v) is 3.54. The van der Waals surface area contributed by atoms with Crippen molar-refractivity contribution in [3.05, 3.63) is 0 Å². The van der Waals surface area contributed by atoms with Crippen LogP contribution in [-0.2, 0) is 0 Å². The second-order valence-electron chi connectivity index (χ2n) is 4.21. The topological polar surface area (TPSA) is 20.2 Å². The van der Waals surface area contributed by atoms with E-state index in [1.807, 2.05) is 0 Å². The minimum atomic E-state index is 0.0500. The first kappa shape index (κ1) is 7.60. The number of aliphatic hydroxyl groups is 1. The summed E-state index contributed by atoms with van der Waals surface area (Å²) in [5, 5.41) is 9.70. The van der Waals surface area contributed by atoms with E-state index < -0.39 is 0 Å². The molecule has 0 aliphatic heterocycles. The van der Waals surface area contributed by atoms with Gasteiger partial charge in [0.25, 0.3) is 0 Å². The highest BCUT2D eigenvalue weighted by Gasteiger charge is 2.33. The van der Waals surface area contributed by atoms with Crippen molar-refractivity contribution in [3.63, 3.8) is 0 Å². The summed E-state index contributed by atoms with van der Waals surface area (Å²) >= 11 is 0. The van der Waals surface area contributed by atoms with Crippen LogP contribution in [0, 0.1) is 11.8 Å². The predicted octanol–water partition coefficient (Wildman–Crippen LogP) is 2.34. The predicted molar refractivity (Wildman–Crippen MR) is 45.3 cm³/mol. The van der Waals surface area contributed by atoms with E-state index in [2.05, 4.69) is 0 Å². The van der Waals surface area contributed by atoms with Crippen molar-refractivity contribution in [2.24, 2.45) is 11.8 Å². The smallest absolute Gasteiger partial charge is 0.0571 e. The van der Waals surface area contributed by atoms with Gasteiger partial charge in [0.15, 0.2) is 0 Å². The number of aliphatic hydroxyl groups excluding tert-OH is 1. The molecule has 2 aliphatic carbocycles. The largest absolute Gasteiger partial charge is 0.393 e. The van der Waals surface area contributed by atoms with E-state index in [0.29, 0.717) is 5.92 Å². The van der Waals surface area contributed by atoms with Crippen molar-refractivity contribution in [2.45, 2.75) is 51.0 Å². The minimum Gasteiger partial charge on any atom is -0.393 e. The van der Waals surface area contributed by atoms with Gasteiger partial charge >= 0.3 is 0 Å². The zero-order valence-corrected chi connectivity index (χ0v) is 7.13. The molecule has 2 saturated carbocycles. The van der Waals surface area contributed by atoms with Gasteiger partial charge in [-0.1, -0.05) is 25.7 Å². The average molecular weight is 154 g/mol. The summed E-state index contributed by atoms with van der Waals surface area (Å²) < 4.78 is 0. The van der Waals surface area contributed by atoms with Crippen LogP contribution >= 0.6 is 0 Å². The zero-order chi connectivity index (χ0) is 7.68. The van der Waals surface area contributed by atoms with Crippen molar-refractivity contribution >= 4 is 0 Å². The maximum absolute atomic E-state index is 9.70. The van der Waals surface area contributed by atoms with Gasteiger partial charge < -0.3 is 5.11 Å². The van der Waals surface area contributed by atoms with Gasteiger partial charge in [-0.25, -0.2) is 0 Å². The molecule has 1 nitrogen and oxygen atoms in total. The zero-order valence-electron chi connectivity index (χ0n) is 7.13. The molecule has 2 rings (SSSR count). The molecule has 2 aliphatic rings. The Kier molecular flexibility index (Phi) is 2.17. The number of hydrogen-bond acceptors (Lipinski definition) is 1. The molecule has 64 valence electrons. The molecule has 1 N–H and O–H groups in total. The molecule has 0 heterocycles. The number of hydrogen-bond donors (Lipinski definition) is 1. The molecular weight excluding hydrogens is 136 g/mol. The number of fused-ring (bicyclic) bond motifs is 1. The van der Waals surface area contributed by atoms with E-state index in [0.717, 1.165) is 12.3 Å². The van der Waals surface area contributed by atoms with Gasteiger partial charge in [0.05, 0.1) is 6.10 Å². The Morgan fingerprint density at radius 2 is 1.55 bits per heavy atom. The van der Waals surface area contributed by atoms with Crippen LogP contribution in [0.25, 0.3) is 0 Å². The van der Waals surface area contributed by atoms with Crippen LogP contribution in [0.15, 0.2) is 0 Å². The average Bonchev–Trinajstić information content (AvgIpc) is 2.06. The summed E-state index contributed by atoms with van der Waals surface area (Å²) in [4.78, 5) is 0. The minimum absolute atomic E-state index is 0.0500. The molecule has 0 aromatic rings. The van der Waals surface area contributed by atoms with Gasteiger partial charge in [0.1, 0.15) is 0 Å². The van der Waals surface area contributed by atoms with Crippen LogP contribution in [0.4, 0.5) is 0 Å². The van der Waals surface area contributed by atoms with Gasteiger partial charge in [-0.3, -0.25) is 0 Å². The fraction of sp³-hybridized carbons (Fsp3) is 1.00. The fourth-order valence-electron chi connectivity index (χ4n) is 2.90. The monoisotopic (exact) mass is 154 g/mol. The van der Waals surface area contributed by atoms with Gasteiger partial charge in [-0.2, -0.15) is 0 Å². The second kappa shape index (κ2) is 3.14. The Morgan fingerprint density at radius 1 is 0.818 bits per heavy atom. The summed E-state index contributed by atoms with van der Waals surface area (Å²) in [7, 11) is 0. The first-order chi connectivity index (χ1) is 5.38. The maximum Gasteiger partial charge on any atom is 0.0571 e. The lowest BCUT2D eigenvalue weighted by Gasteiger charge is -2.38. The molecule has 1 heteroatoms. The van der Waals surface area contributed by atoms with Crippen LogP contribution in [0.3, 0.4) is 0 Å². The highest BCUT2D eigenvalue weighted by atomic mass is 16.3. The van der Waals surface area contributed by atoms with Crippen molar-refractivity contribution in [2.75, 3.05) is 0 Å². The Morgan fingerprint density at radius 3 is 2.36 bits per heavy atom. The van der Waals surface area contributed by atoms with E-state index in [1.54, 1.807) is 0 Å². The Bertz CT molecular complexity index is 131. The van der Waals surface area contributed by atoms with Crippen LogP contribution in [0.2, 0.25) is 0 Å². The standard InChI is InChI=1S/C10H18O/c11-10-7-3-5-8-4-1-2-6-9(8)10/h8-11H,1-7H2/t8?,9?,10-/m1/s1. The summed E-state index contributed by atoms with van der Waals surface area (Å²) in [6.45, 7) is 0. The van der Waals surface area contributed by atoms with E-state index in [1.165, 1.54) is 38.5 Å². The van der Waals surface area contributed by atoms with Crippen molar-refractivity contribution < 1.29 is 5.11 Å². The molecule has 0 radical (unpaired) electrons. The van der Waals surface area contributed by atoms with Gasteiger partial charge in [-0.15, -0.1) is 0 Å². The van der Waals surface area contributed by atoms with Gasteiger partial charge in [0.2, 0.25) is 0 Å².